The first-order chi connectivity index (χ1) is 6.83. The van der Waals surface area contributed by atoms with Crippen LogP contribution < -0.4 is 11.5 Å². The summed E-state index contributed by atoms with van der Waals surface area (Å²) in [6.07, 6.45) is 0. The Morgan fingerprint density at radius 1 is 1.40 bits per heavy atom. The van der Waals surface area contributed by atoms with Crippen molar-refractivity contribution in [3.8, 4) is 0 Å². The first-order valence-electron chi connectivity index (χ1n) is 4.20. The molecule has 0 radical (unpaired) electrons. The maximum absolute atomic E-state index is 11.6. The highest BCUT2D eigenvalue weighted by Gasteiger charge is 2.17. The van der Waals surface area contributed by atoms with Gasteiger partial charge in [0.15, 0.2) is 9.84 Å². The van der Waals surface area contributed by atoms with Crippen molar-refractivity contribution in [1.29, 1.82) is 0 Å². The van der Waals surface area contributed by atoms with Gasteiger partial charge in [0, 0.05) is 5.69 Å². The van der Waals surface area contributed by atoms with Crippen LogP contribution in [0, 0.1) is 6.92 Å². The minimum atomic E-state index is -3.63. The van der Waals surface area contributed by atoms with Gasteiger partial charge in [0.2, 0.25) is 5.91 Å². The van der Waals surface area contributed by atoms with Crippen molar-refractivity contribution in [2.75, 3.05) is 11.5 Å². The Morgan fingerprint density at radius 2 is 2.00 bits per heavy atom. The highest BCUT2D eigenvalue weighted by molar-refractivity contribution is 7.92. The third kappa shape index (κ3) is 2.69. The van der Waals surface area contributed by atoms with Gasteiger partial charge in [-0.2, -0.15) is 0 Å². The number of hydrogen-bond donors (Lipinski definition) is 2. The van der Waals surface area contributed by atoms with Crippen LogP contribution in [-0.4, -0.2) is 20.1 Å². The first kappa shape index (κ1) is 11.5. The molecular formula is C9H12N2O3S. The normalized spacial score (nSPS) is 11.3. The Kier molecular flexibility index (Phi) is 2.99. The van der Waals surface area contributed by atoms with Gasteiger partial charge in [-0.1, -0.05) is 0 Å². The fourth-order valence-electron chi connectivity index (χ4n) is 1.11. The van der Waals surface area contributed by atoms with Crippen molar-refractivity contribution >= 4 is 21.4 Å². The lowest BCUT2D eigenvalue weighted by Gasteiger charge is -2.05. The summed E-state index contributed by atoms with van der Waals surface area (Å²) in [5, 5.41) is 0. The van der Waals surface area contributed by atoms with Crippen LogP contribution in [0.3, 0.4) is 0 Å². The average molecular weight is 228 g/mol. The number of aryl methyl sites for hydroxylation is 1. The number of primary amides is 1. The molecule has 1 amide bonds. The minimum Gasteiger partial charge on any atom is -0.399 e. The van der Waals surface area contributed by atoms with Crippen molar-refractivity contribution in [2.45, 2.75) is 11.8 Å². The second-order valence-electron chi connectivity index (χ2n) is 3.24. The molecule has 0 unspecified atom stereocenters. The van der Waals surface area contributed by atoms with Gasteiger partial charge in [-0.05, 0) is 30.7 Å². The highest BCUT2D eigenvalue weighted by Crippen LogP contribution is 2.17. The van der Waals surface area contributed by atoms with Gasteiger partial charge < -0.3 is 11.5 Å². The SMILES string of the molecule is Cc1cc(S(=O)(=O)CC(N)=O)ccc1N. The summed E-state index contributed by atoms with van der Waals surface area (Å²) in [6, 6.07) is 4.28. The van der Waals surface area contributed by atoms with Crippen molar-refractivity contribution in [3.05, 3.63) is 23.8 Å². The van der Waals surface area contributed by atoms with E-state index in [1.54, 1.807) is 6.92 Å². The summed E-state index contributed by atoms with van der Waals surface area (Å²) >= 11 is 0. The van der Waals surface area contributed by atoms with Crippen molar-refractivity contribution in [3.63, 3.8) is 0 Å². The Morgan fingerprint density at radius 3 is 2.47 bits per heavy atom. The second-order valence-corrected chi connectivity index (χ2v) is 5.23. The monoisotopic (exact) mass is 228 g/mol. The number of carbonyl (C=O) groups is 1. The zero-order valence-corrected chi connectivity index (χ0v) is 9.04. The van der Waals surface area contributed by atoms with Crippen LogP contribution in [0.2, 0.25) is 0 Å². The standard InChI is InChI=1S/C9H12N2O3S/c1-6-4-7(2-3-8(6)10)15(13,14)5-9(11)12/h2-4H,5,10H2,1H3,(H2,11,12). The van der Waals surface area contributed by atoms with Crippen LogP contribution in [0.25, 0.3) is 0 Å². The predicted molar refractivity (Wildman–Crippen MR) is 56.8 cm³/mol. The molecule has 5 nitrogen and oxygen atoms in total. The summed E-state index contributed by atoms with van der Waals surface area (Å²) in [5.41, 5.74) is 11.5. The molecule has 0 aliphatic heterocycles. The number of nitrogen functional groups attached to an aromatic ring is 1. The molecule has 0 aliphatic carbocycles. The lowest BCUT2D eigenvalue weighted by molar-refractivity contribution is -0.115. The van der Waals surface area contributed by atoms with E-state index in [0.717, 1.165) is 0 Å². The number of carbonyl (C=O) groups excluding carboxylic acids is 1. The lowest BCUT2D eigenvalue weighted by atomic mass is 10.2. The van der Waals surface area contributed by atoms with Crippen molar-refractivity contribution < 1.29 is 13.2 Å². The molecule has 0 bridgehead atoms. The third-order valence-corrected chi connectivity index (χ3v) is 3.57. The first-order valence-corrected chi connectivity index (χ1v) is 5.85. The fourth-order valence-corrected chi connectivity index (χ4v) is 2.29. The molecule has 0 aromatic heterocycles. The number of anilines is 1. The molecule has 4 N–H and O–H groups in total. The second kappa shape index (κ2) is 3.90. The van der Waals surface area contributed by atoms with Gasteiger partial charge in [-0.25, -0.2) is 8.42 Å². The molecule has 0 atom stereocenters. The molecule has 1 aromatic carbocycles. The molecule has 0 aliphatic rings. The van der Waals surface area contributed by atoms with E-state index in [0.29, 0.717) is 11.3 Å². The maximum atomic E-state index is 11.6. The van der Waals surface area contributed by atoms with Gasteiger partial charge in [0.1, 0.15) is 5.75 Å². The quantitative estimate of drug-likeness (QED) is 0.701. The topological polar surface area (TPSA) is 103 Å². The maximum Gasteiger partial charge on any atom is 0.233 e. The number of amides is 1. The Bertz CT molecular complexity index is 494. The molecule has 0 saturated carbocycles. The largest absolute Gasteiger partial charge is 0.399 e. The Hall–Kier alpha value is -1.56. The zero-order valence-electron chi connectivity index (χ0n) is 8.23. The van der Waals surface area contributed by atoms with E-state index < -0.39 is 21.5 Å². The number of hydrogen-bond acceptors (Lipinski definition) is 4. The average Bonchev–Trinajstić information content (AvgIpc) is 2.07. The van der Waals surface area contributed by atoms with Crippen LogP contribution >= 0.6 is 0 Å². The summed E-state index contributed by atoms with van der Waals surface area (Å²) < 4.78 is 23.1. The van der Waals surface area contributed by atoms with Crippen molar-refractivity contribution in [2.24, 2.45) is 5.73 Å². The zero-order chi connectivity index (χ0) is 11.6. The van der Waals surface area contributed by atoms with E-state index in [9.17, 15) is 13.2 Å². The van der Waals surface area contributed by atoms with Crippen LogP contribution in [0.4, 0.5) is 5.69 Å². The van der Waals surface area contributed by atoms with Crippen LogP contribution in [-0.2, 0) is 14.6 Å². The van der Waals surface area contributed by atoms with Gasteiger partial charge in [-0.15, -0.1) is 0 Å². The molecule has 0 fully saturated rings. The van der Waals surface area contributed by atoms with E-state index in [-0.39, 0.29) is 4.90 Å². The molecule has 1 rings (SSSR count). The minimum absolute atomic E-state index is 0.0630. The van der Waals surface area contributed by atoms with E-state index in [1.165, 1.54) is 18.2 Å². The molecular weight excluding hydrogens is 216 g/mol. The van der Waals surface area contributed by atoms with E-state index in [2.05, 4.69) is 0 Å². The lowest BCUT2D eigenvalue weighted by Crippen LogP contribution is -2.23. The summed E-state index contributed by atoms with van der Waals surface area (Å²) in [6.45, 7) is 1.69. The van der Waals surface area contributed by atoms with Crippen LogP contribution in [0.5, 0.6) is 0 Å². The van der Waals surface area contributed by atoms with Crippen LogP contribution in [0.15, 0.2) is 23.1 Å². The number of sulfone groups is 1. The molecule has 6 heteroatoms. The Labute approximate surface area is 88.0 Å². The number of rotatable bonds is 3. The van der Waals surface area contributed by atoms with E-state index in [4.69, 9.17) is 11.5 Å². The van der Waals surface area contributed by atoms with Gasteiger partial charge in [0.25, 0.3) is 0 Å². The van der Waals surface area contributed by atoms with E-state index in [1.807, 2.05) is 0 Å². The predicted octanol–water partition coefficient (Wildman–Crippen LogP) is -0.164. The number of nitrogens with two attached hydrogens (primary N) is 2. The van der Waals surface area contributed by atoms with Gasteiger partial charge in [0.05, 0.1) is 4.90 Å². The van der Waals surface area contributed by atoms with E-state index >= 15 is 0 Å². The molecule has 15 heavy (non-hydrogen) atoms. The smallest absolute Gasteiger partial charge is 0.233 e. The van der Waals surface area contributed by atoms with Crippen molar-refractivity contribution in [1.82, 2.24) is 0 Å². The molecule has 0 spiro atoms. The summed E-state index contributed by atoms with van der Waals surface area (Å²) in [5.74, 6) is -1.56. The highest BCUT2D eigenvalue weighted by atomic mass is 32.2. The third-order valence-electron chi connectivity index (χ3n) is 1.93. The van der Waals surface area contributed by atoms with Gasteiger partial charge in [-0.3, -0.25) is 4.79 Å². The van der Waals surface area contributed by atoms with Crippen LogP contribution in [0.1, 0.15) is 5.56 Å². The summed E-state index contributed by atoms with van der Waals surface area (Å²) in [4.78, 5) is 10.6. The Balaban J connectivity index is 3.17. The molecule has 0 saturated heterocycles. The summed E-state index contributed by atoms with van der Waals surface area (Å²) in [7, 11) is -3.63. The fraction of sp³-hybridized carbons (Fsp3) is 0.222. The molecule has 82 valence electrons. The number of benzene rings is 1. The van der Waals surface area contributed by atoms with Gasteiger partial charge >= 0.3 is 0 Å². The molecule has 0 heterocycles. The molecule has 1 aromatic rings.